The van der Waals surface area contributed by atoms with Crippen molar-refractivity contribution in [1.82, 2.24) is 5.32 Å². The molecule has 0 fully saturated rings. The third kappa shape index (κ3) is 7.19. The summed E-state index contributed by atoms with van der Waals surface area (Å²) in [6.07, 6.45) is 1.60. The molecule has 1 aromatic carbocycles. The van der Waals surface area contributed by atoms with Crippen LogP contribution in [0.25, 0.3) is 0 Å². The molecule has 106 valence electrons. The van der Waals surface area contributed by atoms with Crippen molar-refractivity contribution in [2.24, 2.45) is 0 Å². The Bertz CT molecular complexity index is 456. The molecule has 0 radical (unpaired) electrons. The van der Waals surface area contributed by atoms with Gasteiger partial charge in [0.15, 0.2) is 5.11 Å². The Hall–Kier alpha value is -1.06. The van der Waals surface area contributed by atoms with E-state index in [1.54, 1.807) is 20.4 Å². The first kappa shape index (κ1) is 16.0. The number of ether oxygens (including phenoxy) is 1. The van der Waals surface area contributed by atoms with Gasteiger partial charge in [0.1, 0.15) is 5.75 Å². The highest BCUT2D eigenvalue weighted by atomic mass is 32.1. The number of anilines is 1. The van der Waals surface area contributed by atoms with Crippen molar-refractivity contribution in [3.63, 3.8) is 0 Å². The summed E-state index contributed by atoms with van der Waals surface area (Å²) in [6, 6.07) is 7.54. The highest BCUT2D eigenvalue weighted by Crippen LogP contribution is 2.35. The van der Waals surface area contributed by atoms with Crippen LogP contribution >= 0.6 is 19.4 Å². The van der Waals surface area contributed by atoms with Crippen LogP contribution in [0, 0.1) is 0 Å². The number of rotatable bonds is 6. The Kier molecular flexibility index (Phi) is 6.32. The quantitative estimate of drug-likeness (QED) is 0.480. The van der Waals surface area contributed by atoms with E-state index in [1.165, 1.54) is 0 Å². The molecule has 6 heteroatoms. The highest BCUT2D eigenvalue weighted by Gasteiger charge is 2.06. The number of hydrogen-bond acceptors (Lipinski definition) is 3. The van der Waals surface area contributed by atoms with E-state index < -0.39 is 7.14 Å². The minimum atomic E-state index is -1.92. The fourth-order valence-corrected chi connectivity index (χ4v) is 2.65. The molecule has 4 nitrogen and oxygen atoms in total. The lowest BCUT2D eigenvalue weighted by molar-refractivity contribution is 0.415. The number of nitrogens with one attached hydrogen (secondary N) is 2. The molecule has 0 saturated heterocycles. The second kappa shape index (κ2) is 7.51. The summed E-state index contributed by atoms with van der Waals surface area (Å²) in [7, 11) is -0.285. The van der Waals surface area contributed by atoms with Gasteiger partial charge in [-0.25, -0.2) is 0 Å². The topological polar surface area (TPSA) is 50.4 Å². The lowest BCUT2D eigenvalue weighted by Gasteiger charge is -2.11. The molecule has 0 spiro atoms. The van der Waals surface area contributed by atoms with Crippen LogP contribution in [0.4, 0.5) is 5.69 Å². The fraction of sp³-hybridized carbons (Fsp3) is 0.462. The van der Waals surface area contributed by atoms with Crippen LogP contribution in [0.2, 0.25) is 0 Å². The largest absolute Gasteiger partial charge is 0.497 e. The second-order valence-electron chi connectivity index (χ2n) is 4.76. The predicted octanol–water partition coefficient (Wildman–Crippen LogP) is 2.99. The molecular formula is C13H21N2O2PS. The zero-order chi connectivity index (χ0) is 14.3. The van der Waals surface area contributed by atoms with Gasteiger partial charge >= 0.3 is 0 Å². The van der Waals surface area contributed by atoms with Crippen molar-refractivity contribution in [2.75, 3.05) is 38.5 Å². The van der Waals surface area contributed by atoms with E-state index in [9.17, 15) is 4.57 Å². The van der Waals surface area contributed by atoms with Gasteiger partial charge < -0.3 is 19.9 Å². The molecule has 0 heterocycles. The third-order valence-electron chi connectivity index (χ3n) is 2.51. The number of hydrogen-bond donors (Lipinski definition) is 2. The van der Waals surface area contributed by atoms with Crippen LogP contribution in [0.3, 0.4) is 0 Å². The molecule has 1 rings (SSSR count). The summed E-state index contributed by atoms with van der Waals surface area (Å²) >= 11 is 5.18. The Labute approximate surface area is 120 Å². The Balaban J connectivity index is 2.28. The summed E-state index contributed by atoms with van der Waals surface area (Å²) in [5.41, 5.74) is 0.912. The molecule has 0 aliphatic rings. The SMILES string of the molecule is COc1ccc(NC(=S)NCCCP(C)(C)=O)cc1. The van der Waals surface area contributed by atoms with E-state index in [-0.39, 0.29) is 0 Å². The normalized spacial score (nSPS) is 10.9. The van der Waals surface area contributed by atoms with Gasteiger partial charge in [-0.2, -0.15) is 0 Å². The molecule has 0 atom stereocenters. The first-order chi connectivity index (χ1) is 8.90. The van der Waals surface area contributed by atoms with Gasteiger partial charge in [0.2, 0.25) is 0 Å². The van der Waals surface area contributed by atoms with Crippen LogP contribution in [0.5, 0.6) is 5.75 Å². The molecular weight excluding hydrogens is 279 g/mol. The van der Waals surface area contributed by atoms with Crippen LogP contribution in [-0.2, 0) is 4.57 Å². The molecule has 0 saturated carbocycles. The van der Waals surface area contributed by atoms with Crippen molar-refractivity contribution in [2.45, 2.75) is 6.42 Å². The minimum absolute atomic E-state index is 0.576. The monoisotopic (exact) mass is 300 g/mol. The number of benzene rings is 1. The van der Waals surface area contributed by atoms with Crippen molar-refractivity contribution < 1.29 is 9.30 Å². The Morgan fingerprint density at radius 2 is 1.95 bits per heavy atom. The van der Waals surface area contributed by atoms with Crippen molar-refractivity contribution >= 4 is 30.2 Å². The molecule has 2 N–H and O–H groups in total. The van der Waals surface area contributed by atoms with Crippen LogP contribution < -0.4 is 15.4 Å². The van der Waals surface area contributed by atoms with Gasteiger partial charge in [-0.1, -0.05) is 0 Å². The van der Waals surface area contributed by atoms with E-state index in [2.05, 4.69) is 10.6 Å². The summed E-state index contributed by atoms with van der Waals surface area (Å²) in [6.45, 7) is 4.34. The van der Waals surface area contributed by atoms with Crippen molar-refractivity contribution in [1.29, 1.82) is 0 Å². The summed E-state index contributed by atoms with van der Waals surface area (Å²) in [5.74, 6) is 0.811. The van der Waals surface area contributed by atoms with E-state index >= 15 is 0 Å². The molecule has 0 unspecified atom stereocenters. The molecule has 0 aliphatic heterocycles. The van der Waals surface area contributed by atoms with Gasteiger partial charge in [0.25, 0.3) is 0 Å². The second-order valence-corrected chi connectivity index (χ2v) is 8.76. The molecule has 0 aliphatic carbocycles. The predicted molar refractivity (Wildman–Crippen MR) is 86.2 cm³/mol. The molecule has 0 amide bonds. The molecule has 19 heavy (non-hydrogen) atoms. The van der Waals surface area contributed by atoms with E-state index in [4.69, 9.17) is 17.0 Å². The van der Waals surface area contributed by atoms with E-state index in [1.807, 2.05) is 24.3 Å². The van der Waals surface area contributed by atoms with Crippen LogP contribution in [0.15, 0.2) is 24.3 Å². The zero-order valence-electron chi connectivity index (χ0n) is 11.6. The van der Waals surface area contributed by atoms with Gasteiger partial charge in [-0.05, 0) is 56.2 Å². The Morgan fingerprint density at radius 1 is 1.32 bits per heavy atom. The zero-order valence-corrected chi connectivity index (χ0v) is 13.3. The first-order valence-electron chi connectivity index (χ1n) is 6.13. The summed E-state index contributed by atoms with van der Waals surface area (Å²) in [4.78, 5) is 0. The van der Waals surface area contributed by atoms with E-state index in [0.717, 1.165) is 30.6 Å². The first-order valence-corrected chi connectivity index (χ1v) is 9.33. The smallest absolute Gasteiger partial charge is 0.170 e. The lowest BCUT2D eigenvalue weighted by Crippen LogP contribution is -2.29. The fourth-order valence-electron chi connectivity index (χ4n) is 1.51. The maximum absolute atomic E-state index is 11.5. The average molecular weight is 300 g/mol. The van der Waals surface area contributed by atoms with Gasteiger partial charge in [-0.3, -0.25) is 0 Å². The van der Waals surface area contributed by atoms with Crippen molar-refractivity contribution in [3.8, 4) is 5.75 Å². The van der Waals surface area contributed by atoms with Crippen LogP contribution in [0.1, 0.15) is 6.42 Å². The maximum atomic E-state index is 11.5. The van der Waals surface area contributed by atoms with Crippen molar-refractivity contribution in [3.05, 3.63) is 24.3 Å². The maximum Gasteiger partial charge on any atom is 0.170 e. The minimum Gasteiger partial charge on any atom is -0.497 e. The van der Waals surface area contributed by atoms with Gasteiger partial charge in [0.05, 0.1) is 14.3 Å². The van der Waals surface area contributed by atoms with Gasteiger partial charge in [-0.15, -0.1) is 0 Å². The van der Waals surface area contributed by atoms with E-state index in [0.29, 0.717) is 5.11 Å². The summed E-state index contributed by atoms with van der Waals surface area (Å²) in [5, 5.41) is 6.76. The highest BCUT2D eigenvalue weighted by molar-refractivity contribution is 7.80. The standard InChI is InChI=1S/C13H21N2O2PS/c1-17-12-7-5-11(6-8-12)15-13(19)14-9-4-10-18(2,3)16/h5-8H,4,9-10H2,1-3H3,(H2,14,15,19). The molecule has 1 aromatic rings. The lowest BCUT2D eigenvalue weighted by atomic mass is 10.3. The number of methoxy groups -OCH3 is 1. The molecule has 0 aromatic heterocycles. The number of thiocarbonyl (C=S) groups is 1. The van der Waals surface area contributed by atoms with Crippen LogP contribution in [-0.4, -0.2) is 38.3 Å². The summed E-state index contributed by atoms with van der Waals surface area (Å²) < 4.78 is 16.6. The third-order valence-corrected chi connectivity index (χ3v) is 4.15. The Morgan fingerprint density at radius 3 is 2.47 bits per heavy atom. The average Bonchev–Trinajstić information content (AvgIpc) is 2.34. The van der Waals surface area contributed by atoms with Gasteiger partial charge in [0, 0.05) is 18.4 Å². The molecule has 0 bridgehead atoms.